The summed E-state index contributed by atoms with van der Waals surface area (Å²) in [6, 6.07) is 0. The van der Waals surface area contributed by atoms with Crippen LogP contribution in [0.25, 0.3) is 0 Å². The number of rotatable bonds is 8. The van der Waals surface area contributed by atoms with E-state index in [9.17, 15) is 9.59 Å². The third-order valence-corrected chi connectivity index (χ3v) is 7.14. The van der Waals surface area contributed by atoms with Crippen molar-refractivity contribution in [2.75, 3.05) is 0 Å². The molecule has 5 heteroatoms. The standard InChI is InChI=1S/C5H11.2CH3NO.Ta/c1-3-5-4-2;2*2-1-3;/h1,3-5H2,2H3;2*1H,(H2,2,3);/q;;;+2/p-2. The van der Waals surface area contributed by atoms with Crippen molar-refractivity contribution in [1.82, 2.24) is 7.44 Å². The summed E-state index contributed by atoms with van der Waals surface area (Å²) in [4.78, 5) is 20.2. The van der Waals surface area contributed by atoms with Gasteiger partial charge in [0.25, 0.3) is 0 Å². The molecule has 0 saturated heterocycles. The van der Waals surface area contributed by atoms with Gasteiger partial charge in [-0.3, -0.25) is 0 Å². The van der Waals surface area contributed by atoms with E-state index in [4.69, 9.17) is 0 Å². The molecular formula is C7H15N2O2Ta. The molecule has 0 heterocycles. The van der Waals surface area contributed by atoms with Crippen LogP contribution in [0.5, 0.6) is 0 Å². The van der Waals surface area contributed by atoms with Gasteiger partial charge in [0.05, 0.1) is 0 Å². The molecule has 0 aliphatic rings. The number of carbonyl (C=O) groups is 2. The summed E-state index contributed by atoms with van der Waals surface area (Å²) in [6.07, 6.45) is 4.84. The minimum atomic E-state index is -2.11. The van der Waals surface area contributed by atoms with Crippen LogP contribution in [0.3, 0.4) is 0 Å². The molecule has 12 heavy (non-hydrogen) atoms. The zero-order valence-electron chi connectivity index (χ0n) is 7.25. The van der Waals surface area contributed by atoms with Crippen LogP contribution in [-0.2, 0) is 28.6 Å². The molecule has 2 amide bonds. The van der Waals surface area contributed by atoms with Crippen LogP contribution in [0.2, 0.25) is 4.64 Å². The van der Waals surface area contributed by atoms with Crippen molar-refractivity contribution in [3.8, 4) is 0 Å². The summed E-state index contributed by atoms with van der Waals surface area (Å²) in [6.45, 7) is 2.13. The predicted octanol–water partition coefficient (Wildman–Crippen LogP) is 0.535. The normalized spacial score (nSPS) is 9.50. The third-order valence-electron chi connectivity index (χ3n) is 1.40. The second-order valence-corrected chi connectivity index (χ2v) is 8.89. The molecule has 0 atom stereocenters. The Kier molecular flexibility index (Phi) is 8.54. The van der Waals surface area contributed by atoms with Crippen LogP contribution in [0.4, 0.5) is 0 Å². The Bertz CT molecular complexity index is 123. The van der Waals surface area contributed by atoms with E-state index in [0.717, 1.165) is 11.1 Å². The van der Waals surface area contributed by atoms with Gasteiger partial charge in [-0.15, -0.1) is 0 Å². The fourth-order valence-corrected chi connectivity index (χ4v) is 4.86. The zero-order valence-corrected chi connectivity index (χ0v) is 10.5. The molecule has 0 fully saturated rings. The number of hydrogen-bond acceptors (Lipinski definition) is 2. The molecule has 0 radical (unpaired) electrons. The number of nitrogens with one attached hydrogen (secondary N) is 2. The maximum absolute atomic E-state index is 10.1. The van der Waals surface area contributed by atoms with E-state index in [1.807, 2.05) is 0 Å². The Labute approximate surface area is 79.8 Å². The van der Waals surface area contributed by atoms with Gasteiger partial charge in [-0.1, -0.05) is 0 Å². The van der Waals surface area contributed by atoms with E-state index in [1.54, 1.807) is 0 Å². The first-order valence-corrected chi connectivity index (χ1v) is 9.50. The molecule has 0 aromatic carbocycles. The third kappa shape index (κ3) is 6.39. The molecule has 2 N–H and O–H groups in total. The van der Waals surface area contributed by atoms with Gasteiger partial charge in [0.15, 0.2) is 0 Å². The van der Waals surface area contributed by atoms with Gasteiger partial charge in [-0.2, -0.15) is 0 Å². The van der Waals surface area contributed by atoms with E-state index in [-0.39, 0.29) is 0 Å². The van der Waals surface area contributed by atoms with Crippen molar-refractivity contribution in [2.24, 2.45) is 0 Å². The van der Waals surface area contributed by atoms with Crippen molar-refractivity contribution < 1.29 is 28.6 Å². The fourth-order valence-electron chi connectivity index (χ4n) is 0.814. The predicted molar refractivity (Wildman–Crippen MR) is 42.7 cm³/mol. The van der Waals surface area contributed by atoms with Crippen molar-refractivity contribution in [1.29, 1.82) is 0 Å². The van der Waals surface area contributed by atoms with Crippen molar-refractivity contribution in [3.63, 3.8) is 0 Å². The Morgan fingerprint density at radius 3 is 2.17 bits per heavy atom. The van der Waals surface area contributed by atoms with E-state index in [0.29, 0.717) is 12.8 Å². The molecule has 0 aliphatic heterocycles. The zero-order chi connectivity index (χ0) is 9.23. The van der Waals surface area contributed by atoms with Crippen LogP contribution >= 0.6 is 0 Å². The van der Waals surface area contributed by atoms with E-state index in [1.165, 1.54) is 12.8 Å². The molecule has 4 nitrogen and oxygen atoms in total. The molecular weight excluding hydrogens is 325 g/mol. The number of carbonyl (C=O) groups excluding carboxylic acids is 2. The summed E-state index contributed by atoms with van der Waals surface area (Å²) < 4.78 is 6.45. The van der Waals surface area contributed by atoms with Crippen molar-refractivity contribution in [2.45, 2.75) is 30.8 Å². The summed E-state index contributed by atoms with van der Waals surface area (Å²) >= 11 is -2.11. The summed E-state index contributed by atoms with van der Waals surface area (Å²) in [5, 5.41) is 0. The molecule has 0 aromatic heterocycles. The van der Waals surface area contributed by atoms with Crippen LogP contribution in [0.1, 0.15) is 26.2 Å². The molecule has 0 aromatic rings. The second-order valence-electron chi connectivity index (χ2n) is 2.35. The number of amides is 2. The number of unbranched alkanes of at least 4 members (excludes halogenated alkanes) is 2. The Morgan fingerprint density at radius 2 is 1.75 bits per heavy atom. The molecule has 0 saturated carbocycles. The maximum atomic E-state index is 10.1. The summed E-state index contributed by atoms with van der Waals surface area (Å²) in [5.41, 5.74) is 0. The summed E-state index contributed by atoms with van der Waals surface area (Å²) in [7, 11) is 0. The van der Waals surface area contributed by atoms with Gasteiger partial charge in [0.1, 0.15) is 0 Å². The molecule has 70 valence electrons. The molecule has 0 aliphatic carbocycles. The van der Waals surface area contributed by atoms with Gasteiger partial charge in [-0.25, -0.2) is 0 Å². The Hall–Kier alpha value is -0.320. The Morgan fingerprint density at radius 1 is 1.17 bits per heavy atom. The molecule has 0 rings (SSSR count). The average molecular weight is 340 g/mol. The molecule has 0 bridgehead atoms. The van der Waals surface area contributed by atoms with Crippen LogP contribution in [-0.4, -0.2) is 12.8 Å². The first-order valence-electron chi connectivity index (χ1n) is 4.02. The first kappa shape index (κ1) is 11.7. The van der Waals surface area contributed by atoms with Gasteiger partial charge in [0.2, 0.25) is 0 Å². The SMILES string of the molecule is CCCC[CH2][Ta]([NH]C=O)[NH]C=O. The number of hydrogen-bond donors (Lipinski definition) is 2. The topological polar surface area (TPSA) is 58.2 Å². The van der Waals surface area contributed by atoms with Crippen molar-refractivity contribution in [3.05, 3.63) is 0 Å². The van der Waals surface area contributed by atoms with Gasteiger partial charge in [0, 0.05) is 0 Å². The molecule has 0 unspecified atom stereocenters. The fraction of sp³-hybridized carbons (Fsp3) is 0.714. The quantitative estimate of drug-likeness (QED) is 0.500. The van der Waals surface area contributed by atoms with Gasteiger partial charge < -0.3 is 0 Å². The van der Waals surface area contributed by atoms with Gasteiger partial charge >= 0.3 is 79.6 Å². The van der Waals surface area contributed by atoms with E-state index >= 15 is 0 Å². The van der Waals surface area contributed by atoms with Crippen molar-refractivity contribution >= 4 is 12.8 Å². The van der Waals surface area contributed by atoms with Gasteiger partial charge in [-0.05, 0) is 0 Å². The van der Waals surface area contributed by atoms with Crippen LogP contribution in [0, 0.1) is 0 Å². The van der Waals surface area contributed by atoms with Crippen LogP contribution < -0.4 is 7.44 Å². The first-order chi connectivity index (χ1) is 5.85. The molecule has 0 spiro atoms. The summed E-state index contributed by atoms with van der Waals surface area (Å²) in [5.74, 6) is 0. The monoisotopic (exact) mass is 340 g/mol. The van der Waals surface area contributed by atoms with E-state index < -0.39 is 19.0 Å². The second kappa shape index (κ2) is 8.77. The average Bonchev–Trinajstić information content (AvgIpc) is 2.06. The minimum absolute atomic E-state index is 0.695. The van der Waals surface area contributed by atoms with Crippen LogP contribution in [0.15, 0.2) is 0 Å². The Balaban J connectivity index is 3.47. The van der Waals surface area contributed by atoms with E-state index in [2.05, 4.69) is 14.4 Å².